The van der Waals surface area contributed by atoms with Gasteiger partial charge in [-0.05, 0) is 39.8 Å². The van der Waals surface area contributed by atoms with Crippen LogP contribution < -0.4 is 0 Å². The molecule has 4 rings (SSSR count). The Balaban J connectivity index is 1.85. The van der Waals surface area contributed by atoms with Crippen LogP contribution >= 0.6 is 0 Å². The highest BCUT2D eigenvalue weighted by atomic mass is 16.7. The summed E-state index contributed by atoms with van der Waals surface area (Å²) >= 11 is 0. The standard InChI is InChI=1S/C19H22N2O2/c1-18(2)19(3,4)23-17(22-18)12-6-7-13-14-11-20-9-8-15(14)21(5)16(13)10-12/h6-11,17H,1-5H3. The van der Waals surface area contributed by atoms with E-state index in [1.54, 1.807) is 0 Å². The van der Waals surface area contributed by atoms with Gasteiger partial charge >= 0.3 is 0 Å². The van der Waals surface area contributed by atoms with E-state index < -0.39 is 0 Å². The van der Waals surface area contributed by atoms with Crippen LogP contribution in [0.15, 0.2) is 36.7 Å². The van der Waals surface area contributed by atoms with E-state index in [4.69, 9.17) is 9.47 Å². The maximum atomic E-state index is 6.17. The van der Waals surface area contributed by atoms with Crippen LogP contribution in [0.1, 0.15) is 39.5 Å². The van der Waals surface area contributed by atoms with Crippen molar-refractivity contribution in [2.75, 3.05) is 0 Å². The first kappa shape index (κ1) is 14.7. The van der Waals surface area contributed by atoms with Crippen molar-refractivity contribution in [1.29, 1.82) is 0 Å². The molecule has 0 unspecified atom stereocenters. The molecule has 0 radical (unpaired) electrons. The van der Waals surface area contributed by atoms with Crippen LogP contribution in [0.25, 0.3) is 21.8 Å². The average molecular weight is 310 g/mol. The number of benzene rings is 1. The fourth-order valence-electron chi connectivity index (χ4n) is 3.20. The normalized spacial score (nSPS) is 20.6. The van der Waals surface area contributed by atoms with Gasteiger partial charge in [-0.15, -0.1) is 0 Å². The minimum atomic E-state index is -0.333. The van der Waals surface area contributed by atoms with Gasteiger partial charge in [-0.1, -0.05) is 12.1 Å². The van der Waals surface area contributed by atoms with E-state index in [1.807, 2.05) is 18.5 Å². The zero-order valence-electron chi connectivity index (χ0n) is 14.3. The maximum absolute atomic E-state index is 6.17. The summed E-state index contributed by atoms with van der Waals surface area (Å²) in [4.78, 5) is 4.25. The molecule has 0 atom stereocenters. The van der Waals surface area contributed by atoms with Gasteiger partial charge in [-0.3, -0.25) is 4.98 Å². The van der Waals surface area contributed by atoms with Crippen molar-refractivity contribution in [3.63, 3.8) is 0 Å². The molecule has 120 valence electrons. The van der Waals surface area contributed by atoms with Crippen LogP contribution in [0.3, 0.4) is 0 Å². The van der Waals surface area contributed by atoms with Gasteiger partial charge in [0.05, 0.1) is 16.7 Å². The average Bonchev–Trinajstić information content (AvgIpc) is 2.91. The molecule has 3 aromatic rings. The number of ether oxygens (including phenoxy) is 2. The number of nitrogens with zero attached hydrogens (tertiary/aromatic N) is 2. The fraction of sp³-hybridized carbons (Fsp3) is 0.421. The quantitative estimate of drug-likeness (QED) is 0.671. The third-order valence-electron chi connectivity index (χ3n) is 5.36. The molecule has 3 heterocycles. The highest BCUT2D eigenvalue weighted by Gasteiger charge is 2.49. The summed E-state index contributed by atoms with van der Waals surface area (Å²) in [6.45, 7) is 8.31. The van der Waals surface area contributed by atoms with Crippen LogP contribution in [0.2, 0.25) is 0 Å². The highest BCUT2D eigenvalue weighted by Crippen LogP contribution is 2.45. The Morgan fingerprint density at radius 2 is 1.65 bits per heavy atom. The van der Waals surface area contributed by atoms with Crippen LogP contribution in [-0.4, -0.2) is 20.8 Å². The minimum absolute atomic E-state index is 0.324. The van der Waals surface area contributed by atoms with E-state index in [0.29, 0.717) is 0 Å². The van der Waals surface area contributed by atoms with E-state index in [1.165, 1.54) is 21.8 Å². The first-order valence-corrected chi connectivity index (χ1v) is 7.98. The molecule has 2 aromatic heterocycles. The van der Waals surface area contributed by atoms with Gasteiger partial charge in [-0.2, -0.15) is 0 Å². The van der Waals surface area contributed by atoms with E-state index in [0.717, 1.165) is 5.56 Å². The molecule has 0 amide bonds. The summed E-state index contributed by atoms with van der Waals surface area (Å²) in [5, 5.41) is 2.38. The van der Waals surface area contributed by atoms with Gasteiger partial charge in [0.2, 0.25) is 0 Å². The first-order valence-electron chi connectivity index (χ1n) is 7.98. The smallest absolute Gasteiger partial charge is 0.185 e. The molecule has 0 spiro atoms. The van der Waals surface area contributed by atoms with E-state index >= 15 is 0 Å². The lowest BCUT2D eigenvalue weighted by Gasteiger charge is -2.30. The predicted octanol–water partition coefficient (Wildman–Crippen LogP) is 4.33. The highest BCUT2D eigenvalue weighted by molar-refractivity contribution is 6.07. The predicted molar refractivity (Wildman–Crippen MR) is 91.3 cm³/mol. The molecule has 4 heteroatoms. The summed E-state index contributed by atoms with van der Waals surface area (Å²) < 4.78 is 14.5. The molecule has 1 aromatic carbocycles. The summed E-state index contributed by atoms with van der Waals surface area (Å²) in [5.41, 5.74) is 2.75. The SMILES string of the molecule is Cn1c2ccncc2c2ccc(C3OC(C)(C)C(C)(C)O3)cc21. The van der Waals surface area contributed by atoms with Crippen LogP contribution in [0, 0.1) is 0 Å². The maximum Gasteiger partial charge on any atom is 0.185 e. The third-order valence-corrected chi connectivity index (χ3v) is 5.36. The van der Waals surface area contributed by atoms with Crippen molar-refractivity contribution in [3.8, 4) is 0 Å². The molecular weight excluding hydrogens is 288 g/mol. The zero-order valence-corrected chi connectivity index (χ0v) is 14.3. The molecule has 1 fully saturated rings. The first-order chi connectivity index (χ1) is 10.8. The Bertz CT molecular complexity index is 892. The van der Waals surface area contributed by atoms with Crippen molar-refractivity contribution >= 4 is 21.8 Å². The largest absolute Gasteiger partial charge is 0.344 e. The lowest BCUT2D eigenvalue weighted by atomic mass is 9.90. The van der Waals surface area contributed by atoms with Crippen molar-refractivity contribution in [3.05, 3.63) is 42.2 Å². The Morgan fingerprint density at radius 1 is 0.957 bits per heavy atom. The summed E-state index contributed by atoms with van der Waals surface area (Å²) in [7, 11) is 2.08. The molecule has 1 saturated heterocycles. The second-order valence-electron chi connectivity index (χ2n) is 7.32. The molecule has 23 heavy (non-hydrogen) atoms. The number of aromatic nitrogens is 2. The zero-order chi connectivity index (χ0) is 16.4. The van der Waals surface area contributed by atoms with Gasteiger partial charge < -0.3 is 14.0 Å². The number of rotatable bonds is 1. The van der Waals surface area contributed by atoms with Crippen LogP contribution in [-0.2, 0) is 16.5 Å². The second kappa shape index (κ2) is 4.56. The van der Waals surface area contributed by atoms with Crippen LogP contribution in [0.4, 0.5) is 0 Å². The Labute approximate surface area is 136 Å². The Kier molecular flexibility index (Phi) is 2.91. The van der Waals surface area contributed by atoms with Gasteiger partial charge in [0.25, 0.3) is 0 Å². The van der Waals surface area contributed by atoms with Crippen molar-refractivity contribution in [2.45, 2.75) is 45.2 Å². The monoisotopic (exact) mass is 310 g/mol. The van der Waals surface area contributed by atoms with Crippen LogP contribution in [0.5, 0.6) is 0 Å². The molecule has 0 bridgehead atoms. The fourth-order valence-corrected chi connectivity index (χ4v) is 3.20. The lowest BCUT2D eigenvalue weighted by Crippen LogP contribution is -2.41. The third kappa shape index (κ3) is 2.02. The Hall–Kier alpha value is -1.91. The number of pyridine rings is 1. The summed E-state index contributed by atoms with van der Waals surface area (Å²) in [5.74, 6) is 0. The van der Waals surface area contributed by atoms with E-state index in [-0.39, 0.29) is 17.5 Å². The number of hydrogen-bond donors (Lipinski definition) is 0. The van der Waals surface area contributed by atoms with E-state index in [9.17, 15) is 0 Å². The molecule has 0 aliphatic carbocycles. The van der Waals surface area contributed by atoms with Crippen molar-refractivity contribution in [1.82, 2.24) is 9.55 Å². The van der Waals surface area contributed by atoms with Gasteiger partial charge in [0, 0.05) is 41.3 Å². The van der Waals surface area contributed by atoms with Crippen molar-refractivity contribution in [2.24, 2.45) is 7.05 Å². The van der Waals surface area contributed by atoms with Gasteiger partial charge in [0.1, 0.15) is 0 Å². The lowest BCUT2D eigenvalue weighted by molar-refractivity contribution is -0.0895. The Morgan fingerprint density at radius 3 is 2.35 bits per heavy atom. The minimum Gasteiger partial charge on any atom is -0.344 e. The summed E-state index contributed by atoms with van der Waals surface area (Å²) in [6.07, 6.45) is 3.42. The van der Waals surface area contributed by atoms with Gasteiger partial charge in [0.15, 0.2) is 6.29 Å². The topological polar surface area (TPSA) is 36.3 Å². The number of aryl methyl sites for hydroxylation is 1. The molecule has 1 aliphatic rings. The molecule has 0 saturated carbocycles. The number of hydrogen-bond acceptors (Lipinski definition) is 3. The molecule has 1 aliphatic heterocycles. The van der Waals surface area contributed by atoms with Gasteiger partial charge in [-0.25, -0.2) is 0 Å². The van der Waals surface area contributed by atoms with Crippen molar-refractivity contribution < 1.29 is 9.47 Å². The molecule has 4 nitrogen and oxygen atoms in total. The molecule has 0 N–H and O–H groups in total. The van der Waals surface area contributed by atoms with E-state index in [2.05, 4.69) is 62.5 Å². The number of fused-ring (bicyclic) bond motifs is 3. The second-order valence-corrected chi connectivity index (χ2v) is 7.32. The molecular formula is C19H22N2O2. The summed E-state index contributed by atoms with van der Waals surface area (Å²) in [6, 6.07) is 8.44.